The summed E-state index contributed by atoms with van der Waals surface area (Å²) in [6.07, 6.45) is 0.306. The molecule has 1 aliphatic rings. The molecule has 31 heavy (non-hydrogen) atoms. The lowest BCUT2D eigenvalue weighted by Crippen LogP contribution is -2.47. The fraction of sp³-hybridized carbons (Fsp3) is 0.571. The van der Waals surface area contributed by atoms with Crippen LogP contribution in [0.25, 0.3) is 5.69 Å². The summed E-state index contributed by atoms with van der Waals surface area (Å²) in [6.45, 7) is 8.77. The molecular weight excluding hydrogens is 422 g/mol. The highest BCUT2D eigenvalue weighted by Crippen LogP contribution is 2.30. The maximum atomic E-state index is 13.2. The Morgan fingerprint density at radius 1 is 1.19 bits per heavy atom. The molecule has 2 atom stereocenters. The number of carbonyl (C=O) groups is 1. The minimum absolute atomic E-state index is 0.0180. The number of nitrogens with zero attached hydrogens (tertiary/aromatic N) is 3. The molecule has 9 nitrogen and oxygen atoms in total. The molecule has 0 radical (unpaired) electrons. The van der Waals surface area contributed by atoms with E-state index in [2.05, 4.69) is 10.3 Å². The number of sulfone groups is 1. The fourth-order valence-corrected chi connectivity index (χ4v) is 5.01. The third-order valence-corrected chi connectivity index (χ3v) is 6.21. The fourth-order valence-electron chi connectivity index (χ4n) is 3.53. The molecule has 0 N–H and O–H groups in total. The van der Waals surface area contributed by atoms with Crippen molar-refractivity contribution in [1.29, 1.82) is 0 Å². The largest absolute Gasteiger partial charge is 0.460 e. The van der Waals surface area contributed by atoms with Crippen molar-refractivity contribution in [3.8, 4) is 5.69 Å². The average Bonchev–Trinajstić information content (AvgIpc) is 3.09. The van der Waals surface area contributed by atoms with Crippen LogP contribution in [0.2, 0.25) is 0 Å². The SMILES string of the molecule is CC(C)(C)OC(=O)C[C@H]1C[C@@H](CS(=O)(=O)c2cnnn2-c2ccccc2)OC(C)(C)O1. The third-order valence-electron chi connectivity index (χ3n) is 4.48. The second kappa shape index (κ2) is 8.68. The Bertz CT molecular complexity index is 1010. The van der Waals surface area contributed by atoms with Gasteiger partial charge in [-0.1, -0.05) is 23.4 Å². The van der Waals surface area contributed by atoms with Gasteiger partial charge in [0.15, 0.2) is 20.7 Å². The Balaban J connectivity index is 1.75. The number of benzene rings is 1. The van der Waals surface area contributed by atoms with Crippen LogP contribution in [-0.2, 0) is 28.8 Å². The molecule has 0 amide bonds. The van der Waals surface area contributed by atoms with Crippen LogP contribution in [0.1, 0.15) is 47.5 Å². The van der Waals surface area contributed by atoms with Gasteiger partial charge in [0, 0.05) is 6.42 Å². The first-order chi connectivity index (χ1) is 14.3. The van der Waals surface area contributed by atoms with Gasteiger partial charge in [0.05, 0.1) is 36.3 Å². The number of hydrogen-bond donors (Lipinski definition) is 0. The molecule has 1 saturated heterocycles. The molecule has 0 bridgehead atoms. The molecular formula is C21H29N3O6S. The second-order valence-corrected chi connectivity index (χ2v) is 11.0. The minimum Gasteiger partial charge on any atom is -0.460 e. The summed E-state index contributed by atoms with van der Waals surface area (Å²) in [5.41, 5.74) is -0.0156. The first kappa shape index (κ1) is 23.4. The summed E-state index contributed by atoms with van der Waals surface area (Å²) in [7, 11) is -3.79. The molecule has 2 aromatic rings. The van der Waals surface area contributed by atoms with Crippen LogP contribution in [-0.4, -0.2) is 58.7 Å². The molecule has 1 fully saturated rings. The van der Waals surface area contributed by atoms with E-state index in [4.69, 9.17) is 14.2 Å². The van der Waals surface area contributed by atoms with Crippen LogP contribution in [0.3, 0.4) is 0 Å². The predicted molar refractivity (Wildman–Crippen MR) is 112 cm³/mol. The van der Waals surface area contributed by atoms with Crippen LogP contribution in [0, 0.1) is 0 Å². The van der Waals surface area contributed by atoms with Crippen LogP contribution >= 0.6 is 0 Å². The highest BCUT2D eigenvalue weighted by molar-refractivity contribution is 7.91. The topological polar surface area (TPSA) is 110 Å². The van der Waals surface area contributed by atoms with E-state index in [1.165, 1.54) is 10.9 Å². The van der Waals surface area contributed by atoms with Gasteiger partial charge in [-0.3, -0.25) is 4.79 Å². The van der Waals surface area contributed by atoms with Gasteiger partial charge >= 0.3 is 5.97 Å². The molecule has 1 aromatic carbocycles. The van der Waals surface area contributed by atoms with Crippen molar-refractivity contribution in [2.75, 3.05) is 5.75 Å². The number of ether oxygens (including phenoxy) is 3. The van der Waals surface area contributed by atoms with Crippen molar-refractivity contribution >= 4 is 15.8 Å². The summed E-state index contributed by atoms with van der Waals surface area (Å²) in [5, 5.41) is 7.69. The molecule has 3 rings (SSSR count). The first-order valence-corrected chi connectivity index (χ1v) is 11.8. The van der Waals surface area contributed by atoms with Gasteiger partial charge in [0.1, 0.15) is 5.60 Å². The summed E-state index contributed by atoms with van der Waals surface area (Å²) >= 11 is 0. The second-order valence-electron chi connectivity index (χ2n) is 9.01. The summed E-state index contributed by atoms with van der Waals surface area (Å²) in [6, 6.07) is 8.91. The normalized spacial score (nSPS) is 21.6. The lowest BCUT2D eigenvalue weighted by molar-refractivity contribution is -0.295. The van der Waals surface area contributed by atoms with Gasteiger partial charge in [-0.15, -0.1) is 5.10 Å². The van der Waals surface area contributed by atoms with E-state index >= 15 is 0 Å². The molecule has 0 spiro atoms. The van der Waals surface area contributed by atoms with E-state index < -0.39 is 39.4 Å². The van der Waals surface area contributed by atoms with E-state index in [-0.39, 0.29) is 23.6 Å². The van der Waals surface area contributed by atoms with Crippen molar-refractivity contribution in [3.05, 3.63) is 36.5 Å². The quantitative estimate of drug-likeness (QED) is 0.617. The number of rotatable bonds is 6. The lowest BCUT2D eigenvalue weighted by atomic mass is 10.1. The van der Waals surface area contributed by atoms with E-state index in [1.807, 2.05) is 6.07 Å². The zero-order chi connectivity index (χ0) is 22.9. The van der Waals surface area contributed by atoms with Crippen molar-refractivity contribution in [2.45, 2.75) is 76.1 Å². The van der Waals surface area contributed by atoms with Crippen molar-refractivity contribution in [1.82, 2.24) is 15.0 Å². The number of hydrogen-bond acceptors (Lipinski definition) is 8. The van der Waals surface area contributed by atoms with E-state index in [0.29, 0.717) is 5.69 Å². The summed E-state index contributed by atoms with van der Waals surface area (Å²) < 4.78 is 44.7. The Labute approximate surface area is 182 Å². The van der Waals surface area contributed by atoms with Gasteiger partial charge < -0.3 is 14.2 Å². The molecule has 2 heterocycles. The molecule has 1 aromatic heterocycles. The zero-order valence-corrected chi connectivity index (χ0v) is 19.3. The van der Waals surface area contributed by atoms with E-state index in [0.717, 1.165) is 0 Å². The smallest absolute Gasteiger partial charge is 0.308 e. The standard InChI is InChI=1S/C21H29N3O6S/c1-20(2,3)30-19(25)12-16-11-17(29-21(4,5)28-16)14-31(26,27)18-13-22-23-24(18)15-9-7-6-8-10-15/h6-10,13,16-17H,11-12,14H2,1-5H3/t16-,17+/m1/s1. The summed E-state index contributed by atoms with van der Waals surface area (Å²) in [4.78, 5) is 12.2. The van der Waals surface area contributed by atoms with Crippen molar-refractivity contribution < 1.29 is 27.4 Å². The summed E-state index contributed by atoms with van der Waals surface area (Å²) in [5.74, 6) is -1.73. The van der Waals surface area contributed by atoms with Gasteiger partial charge in [0.25, 0.3) is 0 Å². The third kappa shape index (κ3) is 6.34. The number of carbonyl (C=O) groups excluding carboxylic acids is 1. The van der Waals surface area contributed by atoms with Crippen LogP contribution < -0.4 is 0 Å². The Kier molecular flexibility index (Phi) is 6.54. The Morgan fingerprint density at radius 3 is 2.48 bits per heavy atom. The van der Waals surface area contributed by atoms with E-state index in [9.17, 15) is 13.2 Å². The average molecular weight is 452 g/mol. The van der Waals surface area contributed by atoms with Crippen LogP contribution in [0.5, 0.6) is 0 Å². The number of para-hydroxylation sites is 1. The lowest BCUT2D eigenvalue weighted by Gasteiger charge is -2.40. The monoisotopic (exact) mass is 451 g/mol. The van der Waals surface area contributed by atoms with Gasteiger partial charge in [0.2, 0.25) is 0 Å². The van der Waals surface area contributed by atoms with Gasteiger partial charge in [-0.2, -0.15) is 0 Å². The van der Waals surface area contributed by atoms with Gasteiger partial charge in [-0.05, 0) is 46.8 Å². The van der Waals surface area contributed by atoms with Crippen LogP contribution in [0.4, 0.5) is 0 Å². The maximum Gasteiger partial charge on any atom is 0.308 e. The maximum absolute atomic E-state index is 13.2. The molecule has 0 saturated carbocycles. The molecule has 0 aliphatic carbocycles. The molecule has 10 heteroatoms. The van der Waals surface area contributed by atoms with Crippen molar-refractivity contribution in [2.24, 2.45) is 0 Å². The molecule has 170 valence electrons. The number of esters is 1. The predicted octanol–water partition coefficient (Wildman–Crippen LogP) is 2.68. The Morgan fingerprint density at radius 2 is 1.84 bits per heavy atom. The minimum atomic E-state index is -3.79. The van der Waals surface area contributed by atoms with Gasteiger partial charge in [-0.25, -0.2) is 13.1 Å². The first-order valence-electron chi connectivity index (χ1n) is 10.1. The van der Waals surface area contributed by atoms with E-state index in [1.54, 1.807) is 58.9 Å². The molecule has 1 aliphatic heterocycles. The zero-order valence-electron chi connectivity index (χ0n) is 18.4. The Hall–Kier alpha value is -2.30. The number of aromatic nitrogens is 3. The highest BCUT2D eigenvalue weighted by Gasteiger charge is 2.39. The highest BCUT2D eigenvalue weighted by atomic mass is 32.2. The van der Waals surface area contributed by atoms with Crippen LogP contribution in [0.15, 0.2) is 41.6 Å². The van der Waals surface area contributed by atoms with Crippen molar-refractivity contribution in [3.63, 3.8) is 0 Å². The molecule has 0 unspecified atom stereocenters.